The van der Waals surface area contributed by atoms with Gasteiger partial charge in [0.25, 0.3) is 11.8 Å². The molecule has 36 heavy (non-hydrogen) atoms. The van der Waals surface area contributed by atoms with Gasteiger partial charge in [0.1, 0.15) is 11.4 Å². The van der Waals surface area contributed by atoms with Crippen molar-refractivity contribution < 1.29 is 45.4 Å². The number of esters is 1. The number of imide groups is 1. The SMILES string of the molecule is O=C1C2CC3CC1CC(OC(=O)C(F)(F)S(=O)(=O)ON1C(=O)c4cccc5cccc(c45)C1=O)(C3)C2. The summed E-state index contributed by atoms with van der Waals surface area (Å²) >= 11 is 0. The number of benzene rings is 2. The normalized spacial score (nSPS) is 29.2. The number of carbonyl (C=O) groups is 4. The van der Waals surface area contributed by atoms with Gasteiger partial charge in [-0.2, -0.15) is 17.2 Å². The molecule has 1 aliphatic heterocycles. The highest BCUT2D eigenvalue weighted by atomic mass is 32.2. The van der Waals surface area contributed by atoms with Crippen LogP contribution in [-0.2, 0) is 28.7 Å². The second-order valence-corrected chi connectivity index (χ2v) is 11.5. The lowest BCUT2D eigenvalue weighted by Crippen LogP contribution is -2.58. The van der Waals surface area contributed by atoms with Gasteiger partial charge in [0, 0.05) is 17.2 Å². The van der Waals surface area contributed by atoms with E-state index >= 15 is 0 Å². The summed E-state index contributed by atoms with van der Waals surface area (Å²) in [6.45, 7) is 0. The average molecular weight is 519 g/mol. The van der Waals surface area contributed by atoms with Crippen molar-refractivity contribution in [2.45, 2.75) is 43.0 Å². The van der Waals surface area contributed by atoms with Gasteiger partial charge in [-0.05, 0) is 55.5 Å². The molecule has 9 nitrogen and oxygen atoms in total. The molecular weight excluding hydrogens is 500 g/mol. The van der Waals surface area contributed by atoms with Crippen LogP contribution in [0.2, 0.25) is 0 Å². The molecule has 7 rings (SSSR count). The fourth-order valence-corrected chi connectivity index (χ4v) is 7.05. The molecular formula is C24H19F2NO8S. The number of carbonyl (C=O) groups excluding carboxylic acids is 4. The van der Waals surface area contributed by atoms with E-state index in [1.807, 2.05) is 0 Å². The number of hydrogen-bond donors (Lipinski definition) is 0. The quantitative estimate of drug-likeness (QED) is 0.436. The topological polar surface area (TPSA) is 124 Å². The monoisotopic (exact) mass is 519 g/mol. The summed E-state index contributed by atoms with van der Waals surface area (Å²) in [5.41, 5.74) is -1.60. The highest BCUT2D eigenvalue weighted by Gasteiger charge is 2.63. The molecule has 2 amide bonds. The van der Waals surface area contributed by atoms with Crippen molar-refractivity contribution in [3.05, 3.63) is 47.5 Å². The summed E-state index contributed by atoms with van der Waals surface area (Å²) in [4.78, 5) is 50.5. The van der Waals surface area contributed by atoms with Crippen LogP contribution in [0, 0.1) is 17.8 Å². The molecule has 0 aromatic heterocycles. The first-order valence-corrected chi connectivity index (χ1v) is 12.8. The fourth-order valence-electron chi connectivity index (χ4n) is 6.38. The molecule has 2 atom stereocenters. The highest BCUT2D eigenvalue weighted by molar-refractivity contribution is 7.88. The van der Waals surface area contributed by atoms with Gasteiger partial charge in [0.15, 0.2) is 0 Å². The first-order chi connectivity index (χ1) is 16.9. The predicted octanol–water partition coefficient (Wildman–Crippen LogP) is 2.98. The maximum Gasteiger partial charge on any atom is 0.468 e. The Labute approximate surface area is 203 Å². The van der Waals surface area contributed by atoms with Gasteiger partial charge in [0.2, 0.25) is 0 Å². The molecule has 188 valence electrons. The molecule has 0 radical (unpaired) electrons. The van der Waals surface area contributed by atoms with Crippen LogP contribution < -0.4 is 0 Å². The van der Waals surface area contributed by atoms with E-state index in [-0.39, 0.29) is 52.5 Å². The van der Waals surface area contributed by atoms with Crippen molar-refractivity contribution in [2.24, 2.45) is 17.8 Å². The lowest BCUT2D eigenvalue weighted by Gasteiger charge is -2.54. The average Bonchev–Trinajstić information content (AvgIpc) is 2.82. The Morgan fingerprint density at radius 3 is 2.06 bits per heavy atom. The van der Waals surface area contributed by atoms with E-state index in [4.69, 9.17) is 4.74 Å². The van der Waals surface area contributed by atoms with Crippen molar-refractivity contribution >= 4 is 44.5 Å². The molecule has 12 heteroatoms. The third-order valence-corrected chi connectivity index (χ3v) is 8.85. The van der Waals surface area contributed by atoms with E-state index in [0.717, 1.165) is 0 Å². The van der Waals surface area contributed by atoms with E-state index in [2.05, 4.69) is 4.28 Å². The fraction of sp³-hybridized carbons (Fsp3) is 0.417. The van der Waals surface area contributed by atoms with E-state index in [1.54, 1.807) is 12.1 Å². The zero-order valence-corrected chi connectivity index (χ0v) is 19.4. The van der Waals surface area contributed by atoms with E-state index in [9.17, 15) is 36.4 Å². The number of amides is 2. The third kappa shape index (κ3) is 3.16. The number of hydrogen-bond acceptors (Lipinski definition) is 8. The third-order valence-electron chi connectivity index (χ3n) is 7.71. The summed E-state index contributed by atoms with van der Waals surface area (Å²) in [5, 5.41) is -4.76. The summed E-state index contributed by atoms with van der Waals surface area (Å²) in [7, 11) is -6.18. The molecule has 4 fully saturated rings. The van der Waals surface area contributed by atoms with Crippen LogP contribution in [0.3, 0.4) is 0 Å². The summed E-state index contributed by atoms with van der Waals surface area (Å²) in [6.07, 6.45) is 1.58. The number of rotatable bonds is 5. The zero-order valence-electron chi connectivity index (χ0n) is 18.6. The Kier molecular flexibility index (Phi) is 4.75. The molecule has 2 aromatic carbocycles. The Bertz CT molecular complexity index is 1420. The van der Waals surface area contributed by atoms with Crippen LogP contribution in [0.5, 0.6) is 0 Å². The molecule has 2 aromatic rings. The number of Topliss-reactive ketones (excluding diaryl/α,β-unsaturated/α-hetero) is 1. The minimum atomic E-state index is -6.18. The van der Waals surface area contributed by atoms with Crippen molar-refractivity contribution in [1.82, 2.24) is 5.06 Å². The van der Waals surface area contributed by atoms with Gasteiger partial charge >= 0.3 is 21.3 Å². The van der Waals surface area contributed by atoms with Gasteiger partial charge in [-0.3, -0.25) is 14.4 Å². The zero-order chi connectivity index (χ0) is 25.6. The Morgan fingerprint density at radius 2 is 1.50 bits per heavy atom. The first-order valence-electron chi connectivity index (χ1n) is 11.4. The van der Waals surface area contributed by atoms with Crippen molar-refractivity contribution in [3.8, 4) is 0 Å². The molecule has 5 aliphatic rings. The first kappa shape index (κ1) is 23.2. The number of ether oxygens (including phenoxy) is 1. The molecule has 0 saturated heterocycles. The largest absolute Gasteiger partial charge is 0.468 e. The second kappa shape index (κ2) is 7.39. The number of nitrogens with zero attached hydrogens (tertiary/aromatic N) is 1. The lowest BCUT2D eigenvalue weighted by molar-refractivity contribution is -0.202. The maximum atomic E-state index is 15.0. The standard InChI is InChI=1S/C24H19F2NO8S/c25-24(26,22(31)34-23-9-12-7-14(10-23)19(28)15(8-12)11-23)36(32,33)35-27-20(29)16-5-1-3-13-4-2-6-17(18(13)16)21(27)30/h1-6,12,14-15H,7-11H2. The van der Waals surface area contributed by atoms with Gasteiger partial charge in [-0.25, -0.2) is 4.79 Å². The van der Waals surface area contributed by atoms with E-state index < -0.39 is 50.6 Å². The highest BCUT2D eigenvalue weighted by Crippen LogP contribution is 2.56. The second-order valence-electron chi connectivity index (χ2n) is 9.98. The van der Waals surface area contributed by atoms with Crippen LogP contribution in [0.4, 0.5) is 8.78 Å². The number of halogens is 2. The van der Waals surface area contributed by atoms with Crippen LogP contribution >= 0.6 is 0 Å². The molecule has 2 unspecified atom stereocenters. The molecule has 0 spiro atoms. The van der Waals surface area contributed by atoms with Crippen LogP contribution in [0.15, 0.2) is 36.4 Å². The number of ketones is 1. The summed E-state index contributed by atoms with van der Waals surface area (Å²) in [5.74, 6) is -5.66. The Hall–Kier alpha value is -3.25. The molecule has 4 saturated carbocycles. The summed E-state index contributed by atoms with van der Waals surface area (Å²) in [6, 6.07) is 8.79. The van der Waals surface area contributed by atoms with Gasteiger partial charge in [-0.15, -0.1) is 9.35 Å². The van der Waals surface area contributed by atoms with Gasteiger partial charge < -0.3 is 4.74 Å². The van der Waals surface area contributed by atoms with E-state index in [0.29, 0.717) is 18.2 Å². The van der Waals surface area contributed by atoms with Gasteiger partial charge in [-0.1, -0.05) is 24.3 Å². The minimum absolute atomic E-state index is 0.0257. The van der Waals surface area contributed by atoms with E-state index in [1.165, 1.54) is 24.3 Å². The van der Waals surface area contributed by atoms with Crippen LogP contribution in [-0.4, -0.2) is 47.9 Å². The molecule has 0 N–H and O–H groups in total. The summed E-state index contributed by atoms with van der Waals surface area (Å²) < 4.78 is 64.5. The predicted molar refractivity (Wildman–Crippen MR) is 117 cm³/mol. The number of hydroxylamine groups is 2. The van der Waals surface area contributed by atoms with Crippen molar-refractivity contribution in [1.29, 1.82) is 0 Å². The van der Waals surface area contributed by atoms with Crippen molar-refractivity contribution in [3.63, 3.8) is 0 Å². The van der Waals surface area contributed by atoms with Crippen molar-refractivity contribution in [2.75, 3.05) is 0 Å². The Morgan fingerprint density at radius 1 is 0.944 bits per heavy atom. The molecule has 1 heterocycles. The number of alkyl halides is 2. The minimum Gasteiger partial charge on any atom is -0.454 e. The Balaban J connectivity index is 1.26. The van der Waals surface area contributed by atoms with Crippen LogP contribution in [0.25, 0.3) is 10.8 Å². The molecule has 4 bridgehead atoms. The van der Waals surface area contributed by atoms with Crippen LogP contribution in [0.1, 0.15) is 52.8 Å². The maximum absolute atomic E-state index is 15.0. The van der Waals surface area contributed by atoms with Gasteiger partial charge in [0.05, 0.1) is 11.1 Å². The smallest absolute Gasteiger partial charge is 0.454 e. The molecule has 4 aliphatic carbocycles. The lowest BCUT2D eigenvalue weighted by atomic mass is 9.53.